The minimum Gasteiger partial charge on any atom is -0.329 e. The fourth-order valence-corrected chi connectivity index (χ4v) is 2.55. The van der Waals surface area contributed by atoms with Crippen molar-refractivity contribution in [2.24, 2.45) is 11.7 Å². The number of aryl methyl sites for hydroxylation is 1. The van der Waals surface area contributed by atoms with E-state index in [1.807, 2.05) is 0 Å². The molecule has 1 atom stereocenters. The van der Waals surface area contributed by atoms with Gasteiger partial charge in [-0.1, -0.05) is 43.7 Å². The minimum atomic E-state index is 0.0813. The van der Waals surface area contributed by atoms with Crippen molar-refractivity contribution in [1.29, 1.82) is 0 Å². The van der Waals surface area contributed by atoms with E-state index in [9.17, 15) is 0 Å². The smallest absolute Gasteiger partial charge is 0.0306 e. The highest BCUT2D eigenvalue weighted by Crippen LogP contribution is 2.23. The number of likely N-dealkylation sites (N-methyl/N-ethyl adjacent to an activating group) is 1. The Morgan fingerprint density at radius 3 is 2.50 bits per heavy atom. The zero-order valence-corrected chi connectivity index (χ0v) is 12.5. The normalized spacial score (nSPS) is 15.1. The van der Waals surface area contributed by atoms with Gasteiger partial charge in [-0.05, 0) is 38.8 Å². The number of benzene rings is 1. The van der Waals surface area contributed by atoms with Crippen LogP contribution in [0.3, 0.4) is 0 Å². The van der Waals surface area contributed by atoms with Crippen LogP contribution >= 0.6 is 0 Å². The zero-order chi connectivity index (χ0) is 13.8. The summed E-state index contributed by atoms with van der Waals surface area (Å²) in [6.45, 7) is 10.6. The number of hydrogen-bond donors (Lipinski definition) is 1. The molecule has 1 aromatic rings. The third kappa shape index (κ3) is 4.11. The molecule has 2 heteroatoms. The van der Waals surface area contributed by atoms with Gasteiger partial charge in [0, 0.05) is 18.6 Å². The molecular formula is C16H28N2. The molecule has 1 unspecified atom stereocenters. The van der Waals surface area contributed by atoms with Crippen LogP contribution in [-0.2, 0) is 6.54 Å². The summed E-state index contributed by atoms with van der Waals surface area (Å²) < 4.78 is 0. The number of rotatable bonds is 6. The highest BCUT2D eigenvalue weighted by atomic mass is 15.2. The third-order valence-corrected chi connectivity index (χ3v) is 3.71. The molecule has 18 heavy (non-hydrogen) atoms. The monoisotopic (exact) mass is 248 g/mol. The van der Waals surface area contributed by atoms with Crippen LogP contribution in [0.2, 0.25) is 0 Å². The van der Waals surface area contributed by atoms with Crippen molar-refractivity contribution in [2.75, 3.05) is 13.6 Å². The first kappa shape index (κ1) is 15.2. The van der Waals surface area contributed by atoms with Gasteiger partial charge in [0.2, 0.25) is 0 Å². The van der Waals surface area contributed by atoms with E-state index in [0.717, 1.165) is 13.0 Å². The number of nitrogens with two attached hydrogens (primary N) is 1. The summed E-state index contributed by atoms with van der Waals surface area (Å²) in [7, 11) is 2.18. The Morgan fingerprint density at radius 2 is 2.00 bits per heavy atom. The van der Waals surface area contributed by atoms with Crippen molar-refractivity contribution in [3.63, 3.8) is 0 Å². The van der Waals surface area contributed by atoms with Gasteiger partial charge in [-0.3, -0.25) is 4.90 Å². The van der Waals surface area contributed by atoms with E-state index in [4.69, 9.17) is 5.73 Å². The van der Waals surface area contributed by atoms with Gasteiger partial charge < -0.3 is 5.73 Å². The molecule has 0 radical (unpaired) electrons. The topological polar surface area (TPSA) is 29.3 Å². The molecule has 0 fully saturated rings. The van der Waals surface area contributed by atoms with E-state index in [2.05, 4.69) is 63.9 Å². The van der Waals surface area contributed by atoms with E-state index in [1.165, 1.54) is 11.1 Å². The van der Waals surface area contributed by atoms with Gasteiger partial charge in [-0.15, -0.1) is 0 Å². The van der Waals surface area contributed by atoms with E-state index < -0.39 is 0 Å². The van der Waals surface area contributed by atoms with Crippen LogP contribution in [0.25, 0.3) is 0 Å². The van der Waals surface area contributed by atoms with Crippen molar-refractivity contribution >= 4 is 0 Å². The van der Waals surface area contributed by atoms with Crippen molar-refractivity contribution < 1.29 is 0 Å². The van der Waals surface area contributed by atoms with Gasteiger partial charge in [-0.25, -0.2) is 0 Å². The van der Waals surface area contributed by atoms with Crippen LogP contribution in [0.15, 0.2) is 24.3 Å². The molecule has 0 saturated heterocycles. The van der Waals surface area contributed by atoms with Gasteiger partial charge in [0.15, 0.2) is 0 Å². The Bertz CT molecular complexity index is 373. The van der Waals surface area contributed by atoms with Gasteiger partial charge in [0.05, 0.1) is 0 Å². The van der Waals surface area contributed by atoms with E-state index in [0.29, 0.717) is 12.5 Å². The predicted octanol–water partition coefficient (Wildman–Crippen LogP) is 3.19. The van der Waals surface area contributed by atoms with Crippen molar-refractivity contribution in [1.82, 2.24) is 4.90 Å². The molecule has 0 aliphatic carbocycles. The lowest BCUT2D eigenvalue weighted by Gasteiger charge is -2.39. The SMILES string of the molecule is Cc1cccc(CN(C)C(C)(CN)CC(C)C)c1. The highest BCUT2D eigenvalue weighted by Gasteiger charge is 2.28. The van der Waals surface area contributed by atoms with Crippen LogP contribution in [0.5, 0.6) is 0 Å². The molecule has 0 heterocycles. The number of nitrogens with zero attached hydrogens (tertiary/aromatic N) is 1. The molecule has 0 spiro atoms. The Kier molecular flexibility index (Phi) is 5.36. The molecule has 0 aromatic heterocycles. The summed E-state index contributed by atoms with van der Waals surface area (Å²) in [5.74, 6) is 0.665. The van der Waals surface area contributed by atoms with Gasteiger partial charge in [0.1, 0.15) is 0 Å². The summed E-state index contributed by atoms with van der Waals surface area (Å²) >= 11 is 0. The lowest BCUT2D eigenvalue weighted by atomic mass is 9.89. The van der Waals surface area contributed by atoms with E-state index >= 15 is 0 Å². The molecule has 1 rings (SSSR count). The Morgan fingerprint density at radius 1 is 1.33 bits per heavy atom. The van der Waals surface area contributed by atoms with Gasteiger partial charge >= 0.3 is 0 Å². The summed E-state index contributed by atoms with van der Waals surface area (Å²) in [5, 5.41) is 0. The summed E-state index contributed by atoms with van der Waals surface area (Å²) in [6, 6.07) is 8.71. The second-order valence-electron chi connectivity index (χ2n) is 6.14. The molecule has 1 aromatic carbocycles. The molecule has 0 aliphatic heterocycles. The van der Waals surface area contributed by atoms with Crippen LogP contribution in [0.1, 0.15) is 38.3 Å². The molecule has 0 aliphatic rings. The van der Waals surface area contributed by atoms with Crippen LogP contribution in [0, 0.1) is 12.8 Å². The fourth-order valence-electron chi connectivity index (χ4n) is 2.55. The average molecular weight is 248 g/mol. The summed E-state index contributed by atoms with van der Waals surface area (Å²) in [5.41, 5.74) is 8.76. The molecule has 0 bridgehead atoms. The zero-order valence-electron chi connectivity index (χ0n) is 12.5. The van der Waals surface area contributed by atoms with Crippen molar-refractivity contribution in [3.8, 4) is 0 Å². The Balaban J connectivity index is 2.76. The second-order valence-corrected chi connectivity index (χ2v) is 6.14. The lowest BCUT2D eigenvalue weighted by molar-refractivity contribution is 0.111. The van der Waals surface area contributed by atoms with Crippen LogP contribution in [-0.4, -0.2) is 24.0 Å². The molecule has 2 N–H and O–H groups in total. The first-order valence-electron chi connectivity index (χ1n) is 6.84. The average Bonchev–Trinajstić information content (AvgIpc) is 2.27. The van der Waals surface area contributed by atoms with Crippen molar-refractivity contribution in [3.05, 3.63) is 35.4 Å². The highest BCUT2D eigenvalue weighted by molar-refractivity contribution is 5.22. The maximum atomic E-state index is 6.00. The van der Waals surface area contributed by atoms with Crippen LogP contribution in [0.4, 0.5) is 0 Å². The molecule has 102 valence electrons. The minimum absolute atomic E-state index is 0.0813. The van der Waals surface area contributed by atoms with Crippen LogP contribution < -0.4 is 5.73 Å². The third-order valence-electron chi connectivity index (χ3n) is 3.71. The summed E-state index contributed by atoms with van der Waals surface area (Å²) in [6.07, 6.45) is 1.13. The largest absolute Gasteiger partial charge is 0.329 e. The van der Waals surface area contributed by atoms with Crippen molar-refractivity contribution in [2.45, 2.75) is 46.2 Å². The molecule has 0 saturated carbocycles. The number of hydrogen-bond acceptors (Lipinski definition) is 2. The maximum absolute atomic E-state index is 6.00. The van der Waals surface area contributed by atoms with E-state index in [1.54, 1.807) is 0 Å². The standard InChI is InChI=1S/C16H28N2/c1-13(2)10-16(4,12-17)18(5)11-15-8-6-7-14(3)9-15/h6-9,13H,10-12,17H2,1-5H3. The molecule has 2 nitrogen and oxygen atoms in total. The summed E-state index contributed by atoms with van der Waals surface area (Å²) in [4.78, 5) is 2.39. The quantitative estimate of drug-likeness (QED) is 0.837. The Labute approximate surface area is 112 Å². The van der Waals surface area contributed by atoms with Gasteiger partial charge in [0.25, 0.3) is 0 Å². The molecule has 0 amide bonds. The maximum Gasteiger partial charge on any atom is 0.0306 e. The Hall–Kier alpha value is -0.860. The first-order chi connectivity index (χ1) is 8.37. The predicted molar refractivity (Wildman–Crippen MR) is 79.6 cm³/mol. The first-order valence-corrected chi connectivity index (χ1v) is 6.84. The van der Waals surface area contributed by atoms with E-state index in [-0.39, 0.29) is 5.54 Å². The van der Waals surface area contributed by atoms with Gasteiger partial charge in [-0.2, -0.15) is 0 Å². The second kappa shape index (κ2) is 6.35. The molecular weight excluding hydrogens is 220 g/mol. The lowest BCUT2D eigenvalue weighted by Crippen LogP contribution is -2.50. The fraction of sp³-hybridized carbons (Fsp3) is 0.625.